The number of carboxylic acid groups (broad SMARTS) is 2. The zero-order valence-electron chi connectivity index (χ0n) is 23.7. The highest BCUT2D eigenvalue weighted by Gasteiger charge is 2.50. The van der Waals surface area contributed by atoms with Gasteiger partial charge in [-0.25, -0.2) is 9.59 Å². The van der Waals surface area contributed by atoms with Gasteiger partial charge in [0.2, 0.25) is 12.2 Å². The highest BCUT2D eigenvalue weighted by atomic mass is 35.5. The molecule has 0 fully saturated rings. The van der Waals surface area contributed by atoms with Crippen LogP contribution in [0.2, 0.25) is 20.1 Å². The predicted octanol–water partition coefficient (Wildman–Crippen LogP) is 9.14. The van der Waals surface area contributed by atoms with Gasteiger partial charge in [-0.3, -0.25) is 0 Å². The van der Waals surface area contributed by atoms with Gasteiger partial charge in [-0.15, -0.1) is 0 Å². The molecule has 252 valence electrons. The molecule has 2 aromatic rings. The van der Waals surface area contributed by atoms with Crippen molar-refractivity contribution < 1.29 is 65.1 Å². The molecule has 2 aliphatic heterocycles. The number of carbonyl (C=O) groups is 2. The first kappa shape index (κ1) is 37.3. The molecule has 18 heteroatoms. The van der Waals surface area contributed by atoms with Crippen LogP contribution in [0.15, 0.2) is 23.3 Å². The summed E-state index contributed by atoms with van der Waals surface area (Å²) in [6.07, 6.45) is -13.9. The van der Waals surface area contributed by atoms with Crippen LogP contribution >= 0.6 is 46.4 Å². The van der Waals surface area contributed by atoms with E-state index >= 15 is 0 Å². The number of carboxylic acids is 2. The van der Waals surface area contributed by atoms with E-state index in [9.17, 15) is 35.9 Å². The van der Waals surface area contributed by atoms with Crippen LogP contribution in [0, 0.1) is 0 Å². The van der Waals surface area contributed by atoms with Gasteiger partial charge in [0.15, 0.2) is 11.5 Å². The van der Waals surface area contributed by atoms with Gasteiger partial charge < -0.3 is 29.2 Å². The molecular weight excluding hydrogens is 720 g/mol. The highest BCUT2D eigenvalue weighted by molar-refractivity contribution is 6.39. The lowest BCUT2D eigenvalue weighted by atomic mass is 10.0. The Morgan fingerprint density at radius 2 is 1.00 bits per heavy atom. The molecule has 2 heterocycles. The van der Waals surface area contributed by atoms with E-state index < -0.39 is 47.6 Å². The number of benzene rings is 2. The second-order valence-corrected chi connectivity index (χ2v) is 11.6. The van der Waals surface area contributed by atoms with Crippen LogP contribution < -0.4 is 18.9 Å². The molecule has 8 nitrogen and oxygen atoms in total. The van der Waals surface area contributed by atoms with Crippen molar-refractivity contribution in [2.45, 2.75) is 64.5 Å². The summed E-state index contributed by atoms with van der Waals surface area (Å²) in [6, 6.07) is 2.24. The molecule has 2 N–H and O–H groups in total. The molecule has 2 atom stereocenters. The summed E-state index contributed by atoms with van der Waals surface area (Å²) in [5.74, 6) is -3.92. The number of aliphatic carboxylic acids is 2. The van der Waals surface area contributed by atoms with Crippen molar-refractivity contribution in [2.75, 3.05) is 0 Å². The fourth-order valence-corrected chi connectivity index (χ4v) is 5.18. The quantitative estimate of drug-likeness (QED) is 0.282. The lowest BCUT2D eigenvalue weighted by Gasteiger charge is -2.28. The third-order valence-corrected chi connectivity index (χ3v) is 7.11. The topological polar surface area (TPSA) is 112 Å². The standard InChI is InChI=1S/2C14H11Cl2F3O4/c2*1-5(2)22-11-8(15)4-9-6(10(11)16)3-7(13(20)21)12(23-9)14(17,18)19/h2*3-5,12H,1-2H3,(H,20,21)/t12-;/m0./s1. The van der Waals surface area contributed by atoms with Crippen molar-refractivity contribution in [1.29, 1.82) is 0 Å². The molecule has 4 rings (SSSR count). The number of fused-ring (bicyclic) bond motifs is 2. The van der Waals surface area contributed by atoms with Crippen LogP contribution in [-0.4, -0.2) is 58.9 Å². The van der Waals surface area contributed by atoms with Crippen molar-refractivity contribution in [3.05, 3.63) is 54.5 Å². The summed E-state index contributed by atoms with van der Waals surface area (Å²) in [5.41, 5.74) is -1.98. The van der Waals surface area contributed by atoms with Gasteiger partial charge in [0.25, 0.3) is 0 Å². The fraction of sp³-hybridized carbons (Fsp3) is 0.357. The average molecular weight is 742 g/mol. The van der Waals surface area contributed by atoms with E-state index in [1.165, 1.54) is 0 Å². The molecule has 46 heavy (non-hydrogen) atoms. The minimum Gasteiger partial charge on any atom is -0.488 e. The van der Waals surface area contributed by atoms with Gasteiger partial charge in [-0.1, -0.05) is 46.4 Å². The molecule has 0 radical (unpaired) electrons. The maximum absolute atomic E-state index is 13.0. The molecule has 0 aromatic heterocycles. The van der Waals surface area contributed by atoms with Crippen LogP contribution in [0.3, 0.4) is 0 Å². The Bertz CT molecular complexity index is 1480. The summed E-state index contributed by atoms with van der Waals surface area (Å²) < 4.78 is 98.3. The van der Waals surface area contributed by atoms with Crippen LogP contribution in [-0.2, 0) is 9.59 Å². The van der Waals surface area contributed by atoms with Gasteiger partial charge in [0.05, 0.1) is 43.4 Å². The zero-order valence-corrected chi connectivity index (χ0v) is 26.8. The third-order valence-electron chi connectivity index (χ3n) is 5.80. The summed E-state index contributed by atoms with van der Waals surface area (Å²) in [7, 11) is 0. The van der Waals surface area contributed by atoms with E-state index in [1.807, 2.05) is 0 Å². The third kappa shape index (κ3) is 8.20. The van der Waals surface area contributed by atoms with E-state index in [-0.39, 0.29) is 66.4 Å². The molecule has 1 unspecified atom stereocenters. The SMILES string of the molecule is CC(C)Oc1c(Cl)cc2c(c1Cl)C=C(C(=O)O)C(C(F)(F)F)O2.CC(C)Oc1c(Cl)cc2c(c1Cl)C=C(C(=O)O)[C@@H](C(F)(F)F)O2. The van der Waals surface area contributed by atoms with Crippen LogP contribution in [0.25, 0.3) is 12.2 Å². The lowest BCUT2D eigenvalue weighted by Crippen LogP contribution is -2.40. The first-order valence-electron chi connectivity index (χ1n) is 12.8. The zero-order chi connectivity index (χ0) is 35.0. The van der Waals surface area contributed by atoms with Crippen molar-refractivity contribution in [3.8, 4) is 23.0 Å². The number of alkyl halides is 6. The Morgan fingerprint density at radius 1 is 0.696 bits per heavy atom. The maximum Gasteiger partial charge on any atom is 0.430 e. The molecule has 0 saturated heterocycles. The number of ether oxygens (including phenoxy) is 4. The first-order valence-corrected chi connectivity index (χ1v) is 14.3. The normalized spacial score (nSPS) is 17.4. The summed E-state index contributed by atoms with van der Waals surface area (Å²) >= 11 is 24.1. The van der Waals surface area contributed by atoms with E-state index in [0.29, 0.717) is 0 Å². The molecule has 2 aliphatic rings. The smallest absolute Gasteiger partial charge is 0.430 e. The summed E-state index contributed by atoms with van der Waals surface area (Å²) in [5, 5.41) is 17.7. The molecule has 0 saturated carbocycles. The Balaban J connectivity index is 0.000000250. The van der Waals surface area contributed by atoms with Crippen molar-refractivity contribution >= 4 is 70.5 Å². The fourth-order valence-electron chi connectivity index (χ4n) is 4.02. The number of hydrogen-bond donors (Lipinski definition) is 2. The van der Waals surface area contributed by atoms with Crippen molar-refractivity contribution in [2.24, 2.45) is 0 Å². The maximum atomic E-state index is 13.0. The first-order chi connectivity index (χ1) is 21.0. The highest BCUT2D eigenvalue weighted by Crippen LogP contribution is 2.48. The van der Waals surface area contributed by atoms with Crippen molar-refractivity contribution in [3.63, 3.8) is 0 Å². The van der Waals surface area contributed by atoms with Crippen LogP contribution in [0.1, 0.15) is 38.8 Å². The predicted molar refractivity (Wildman–Crippen MR) is 157 cm³/mol. The molecule has 2 aromatic carbocycles. The Hall–Kier alpha value is -3.20. The van der Waals surface area contributed by atoms with Crippen LogP contribution in [0.5, 0.6) is 23.0 Å². The van der Waals surface area contributed by atoms with E-state index in [2.05, 4.69) is 0 Å². The largest absolute Gasteiger partial charge is 0.488 e. The van der Waals surface area contributed by atoms with Gasteiger partial charge in [-0.2, -0.15) is 26.3 Å². The van der Waals surface area contributed by atoms with Gasteiger partial charge in [-0.05, 0) is 39.8 Å². The minimum absolute atomic E-state index is 0.0235. The number of hydrogen-bond acceptors (Lipinski definition) is 6. The van der Waals surface area contributed by atoms with Gasteiger partial charge in [0, 0.05) is 23.3 Å². The Morgan fingerprint density at radius 3 is 1.24 bits per heavy atom. The molecule has 0 aliphatic carbocycles. The van der Waals surface area contributed by atoms with E-state index in [0.717, 1.165) is 24.3 Å². The van der Waals surface area contributed by atoms with E-state index in [1.54, 1.807) is 27.7 Å². The van der Waals surface area contributed by atoms with Gasteiger partial charge >= 0.3 is 24.3 Å². The molecular formula is C28H22Cl4F6O8. The minimum atomic E-state index is -4.89. The second kappa shape index (κ2) is 13.9. The summed E-state index contributed by atoms with van der Waals surface area (Å²) in [6.45, 7) is 6.84. The second-order valence-electron chi connectivity index (χ2n) is 10.0. The van der Waals surface area contributed by atoms with Crippen LogP contribution in [0.4, 0.5) is 26.3 Å². The number of rotatable bonds is 6. The number of halogens is 10. The Kier molecular flexibility index (Phi) is 11.2. The molecule has 0 bridgehead atoms. The lowest BCUT2D eigenvalue weighted by molar-refractivity contribution is -0.187. The average Bonchev–Trinajstić information content (AvgIpc) is 2.91. The van der Waals surface area contributed by atoms with Gasteiger partial charge in [0.1, 0.15) is 11.5 Å². The van der Waals surface area contributed by atoms with E-state index in [4.69, 9.17) is 75.6 Å². The molecule has 0 spiro atoms. The molecule has 0 amide bonds. The van der Waals surface area contributed by atoms with Crippen molar-refractivity contribution in [1.82, 2.24) is 0 Å². The Labute approximate surface area is 277 Å². The monoisotopic (exact) mass is 740 g/mol. The summed E-state index contributed by atoms with van der Waals surface area (Å²) in [4.78, 5) is 22.2.